The Hall–Kier alpha value is -1.63. The van der Waals surface area contributed by atoms with Gasteiger partial charge in [-0.05, 0) is 24.3 Å². The smallest absolute Gasteiger partial charge is 0.251 e. The van der Waals surface area contributed by atoms with Gasteiger partial charge in [0.15, 0.2) is 0 Å². The summed E-state index contributed by atoms with van der Waals surface area (Å²) < 4.78 is 0. The van der Waals surface area contributed by atoms with Crippen molar-refractivity contribution < 1.29 is 20.1 Å². The van der Waals surface area contributed by atoms with E-state index in [0.717, 1.165) is 5.69 Å². The molecule has 0 fully saturated rings. The lowest BCUT2D eigenvalue weighted by atomic mass is 10.2. The number of anilines is 1. The monoisotopic (exact) mass is 254 g/mol. The molecule has 6 heteroatoms. The van der Waals surface area contributed by atoms with Crippen molar-refractivity contribution in [3.63, 3.8) is 0 Å². The molecule has 0 spiro atoms. The fourth-order valence-electron chi connectivity index (χ4n) is 1.31. The third kappa shape index (κ3) is 4.70. The van der Waals surface area contributed by atoms with Gasteiger partial charge in [-0.15, -0.1) is 0 Å². The summed E-state index contributed by atoms with van der Waals surface area (Å²) in [6.07, 6.45) is -0.808. The molecule has 0 bridgehead atoms. The normalized spacial score (nSPS) is 11.9. The maximum Gasteiger partial charge on any atom is 0.251 e. The maximum absolute atomic E-state index is 11.5. The minimum absolute atomic E-state index is 0.0928. The van der Waals surface area contributed by atoms with Crippen molar-refractivity contribution in [1.29, 1.82) is 0 Å². The van der Waals surface area contributed by atoms with E-state index in [2.05, 4.69) is 10.6 Å². The van der Waals surface area contributed by atoms with Crippen molar-refractivity contribution in [2.45, 2.75) is 6.10 Å². The zero-order chi connectivity index (χ0) is 13.4. The fraction of sp³-hybridized carbons (Fsp3) is 0.417. The van der Waals surface area contributed by atoms with E-state index in [0.29, 0.717) is 5.56 Å². The molecule has 1 atom stereocenters. The summed E-state index contributed by atoms with van der Waals surface area (Å²) in [5, 5.41) is 31.9. The van der Waals surface area contributed by atoms with Crippen LogP contribution in [0.4, 0.5) is 5.69 Å². The highest BCUT2D eigenvalue weighted by atomic mass is 16.3. The topological polar surface area (TPSA) is 102 Å². The number of nitrogens with one attached hydrogen (secondary N) is 2. The van der Waals surface area contributed by atoms with Gasteiger partial charge in [0.05, 0.1) is 19.3 Å². The Labute approximate surface area is 105 Å². The Bertz CT molecular complexity index is 367. The van der Waals surface area contributed by atoms with Gasteiger partial charge in [0.2, 0.25) is 0 Å². The minimum atomic E-state index is -0.808. The first-order chi connectivity index (χ1) is 8.67. The molecule has 1 amide bonds. The standard InChI is InChI=1S/C12H18N2O4/c15-6-5-13-12(18)9-1-3-10(4-2-9)14-7-11(17)8-16/h1-4,11,14-17H,5-8H2,(H,13,18). The van der Waals surface area contributed by atoms with Gasteiger partial charge in [0.1, 0.15) is 0 Å². The van der Waals surface area contributed by atoms with Crippen LogP contribution in [-0.2, 0) is 0 Å². The van der Waals surface area contributed by atoms with E-state index in [1.54, 1.807) is 24.3 Å². The van der Waals surface area contributed by atoms with Crippen LogP contribution in [0.2, 0.25) is 0 Å². The predicted molar refractivity (Wildman–Crippen MR) is 67.4 cm³/mol. The number of carbonyl (C=O) groups is 1. The molecule has 0 saturated carbocycles. The highest BCUT2D eigenvalue weighted by Gasteiger charge is 2.05. The van der Waals surface area contributed by atoms with Crippen LogP contribution in [0, 0.1) is 0 Å². The van der Waals surface area contributed by atoms with Crippen LogP contribution in [0.5, 0.6) is 0 Å². The first kappa shape index (κ1) is 14.4. The highest BCUT2D eigenvalue weighted by Crippen LogP contribution is 2.09. The lowest BCUT2D eigenvalue weighted by Crippen LogP contribution is -2.26. The summed E-state index contributed by atoms with van der Waals surface area (Å²) in [5.74, 6) is -0.244. The van der Waals surface area contributed by atoms with Crippen molar-refractivity contribution in [1.82, 2.24) is 5.32 Å². The van der Waals surface area contributed by atoms with E-state index in [4.69, 9.17) is 15.3 Å². The number of aliphatic hydroxyl groups excluding tert-OH is 3. The maximum atomic E-state index is 11.5. The van der Waals surface area contributed by atoms with Crippen molar-refractivity contribution >= 4 is 11.6 Å². The number of benzene rings is 1. The van der Waals surface area contributed by atoms with E-state index in [1.807, 2.05) is 0 Å². The molecule has 0 aromatic heterocycles. The molecule has 0 aliphatic rings. The van der Waals surface area contributed by atoms with Crippen LogP contribution in [0.3, 0.4) is 0 Å². The quantitative estimate of drug-likeness (QED) is 0.437. The number of carbonyl (C=O) groups excluding carboxylic acids is 1. The molecule has 18 heavy (non-hydrogen) atoms. The molecule has 1 unspecified atom stereocenters. The first-order valence-electron chi connectivity index (χ1n) is 5.69. The number of hydrogen-bond acceptors (Lipinski definition) is 5. The molecular formula is C12H18N2O4. The molecule has 1 aromatic carbocycles. The molecule has 0 heterocycles. The molecule has 1 rings (SSSR count). The molecule has 0 aliphatic heterocycles. The van der Waals surface area contributed by atoms with E-state index >= 15 is 0 Å². The Morgan fingerprint density at radius 3 is 2.44 bits per heavy atom. The van der Waals surface area contributed by atoms with Gasteiger partial charge in [0, 0.05) is 24.3 Å². The molecule has 0 aliphatic carbocycles. The molecule has 0 saturated heterocycles. The van der Waals surface area contributed by atoms with Gasteiger partial charge < -0.3 is 26.0 Å². The highest BCUT2D eigenvalue weighted by molar-refractivity contribution is 5.94. The molecule has 5 N–H and O–H groups in total. The lowest BCUT2D eigenvalue weighted by Gasteiger charge is -2.10. The van der Waals surface area contributed by atoms with Gasteiger partial charge in [-0.2, -0.15) is 0 Å². The van der Waals surface area contributed by atoms with Gasteiger partial charge in [-0.25, -0.2) is 0 Å². The van der Waals surface area contributed by atoms with Crippen molar-refractivity contribution in [3.05, 3.63) is 29.8 Å². The van der Waals surface area contributed by atoms with Gasteiger partial charge in [0.25, 0.3) is 5.91 Å². The van der Waals surface area contributed by atoms with Crippen LogP contribution in [-0.4, -0.2) is 53.6 Å². The van der Waals surface area contributed by atoms with Crippen LogP contribution < -0.4 is 10.6 Å². The van der Waals surface area contributed by atoms with Crippen LogP contribution in [0.25, 0.3) is 0 Å². The molecular weight excluding hydrogens is 236 g/mol. The van der Waals surface area contributed by atoms with Gasteiger partial charge in [-0.1, -0.05) is 0 Å². The summed E-state index contributed by atoms with van der Waals surface area (Å²) in [5.41, 5.74) is 1.25. The summed E-state index contributed by atoms with van der Waals surface area (Å²) in [4.78, 5) is 11.5. The van der Waals surface area contributed by atoms with E-state index < -0.39 is 6.10 Å². The SMILES string of the molecule is O=C(NCCO)c1ccc(NCC(O)CO)cc1. The fourth-order valence-corrected chi connectivity index (χ4v) is 1.31. The average molecular weight is 254 g/mol. The Morgan fingerprint density at radius 1 is 1.22 bits per heavy atom. The Morgan fingerprint density at radius 2 is 1.89 bits per heavy atom. The average Bonchev–Trinajstić information content (AvgIpc) is 2.42. The second-order valence-corrected chi connectivity index (χ2v) is 3.77. The molecule has 1 aromatic rings. The van der Waals surface area contributed by atoms with Crippen LogP contribution in [0.15, 0.2) is 24.3 Å². The van der Waals surface area contributed by atoms with E-state index in [1.165, 1.54) is 0 Å². The van der Waals surface area contributed by atoms with Gasteiger partial charge in [-0.3, -0.25) is 4.79 Å². The zero-order valence-corrected chi connectivity index (χ0v) is 9.97. The minimum Gasteiger partial charge on any atom is -0.395 e. The number of rotatable bonds is 7. The third-order valence-corrected chi connectivity index (χ3v) is 2.30. The van der Waals surface area contributed by atoms with Crippen molar-refractivity contribution in [2.24, 2.45) is 0 Å². The zero-order valence-electron chi connectivity index (χ0n) is 9.97. The predicted octanol–water partition coefficient (Wildman–Crippen LogP) is -0.826. The lowest BCUT2D eigenvalue weighted by molar-refractivity contribution is 0.0944. The van der Waals surface area contributed by atoms with Crippen molar-refractivity contribution in [3.8, 4) is 0 Å². The Balaban J connectivity index is 2.49. The van der Waals surface area contributed by atoms with Crippen LogP contribution in [0.1, 0.15) is 10.4 Å². The summed E-state index contributed by atoms with van der Waals surface area (Å²) in [6.45, 7) is 0.0765. The molecule has 6 nitrogen and oxygen atoms in total. The van der Waals surface area contributed by atoms with E-state index in [-0.39, 0.29) is 32.2 Å². The first-order valence-corrected chi connectivity index (χ1v) is 5.69. The second kappa shape index (κ2) is 7.65. The Kier molecular flexibility index (Phi) is 6.13. The van der Waals surface area contributed by atoms with Crippen molar-refractivity contribution in [2.75, 3.05) is 31.6 Å². The summed E-state index contributed by atoms with van der Waals surface area (Å²) in [6, 6.07) is 6.69. The van der Waals surface area contributed by atoms with Gasteiger partial charge >= 0.3 is 0 Å². The number of amides is 1. The largest absolute Gasteiger partial charge is 0.395 e. The number of aliphatic hydroxyl groups is 3. The van der Waals surface area contributed by atoms with E-state index in [9.17, 15) is 4.79 Å². The molecule has 0 radical (unpaired) electrons. The second-order valence-electron chi connectivity index (χ2n) is 3.77. The summed E-state index contributed by atoms with van der Waals surface area (Å²) in [7, 11) is 0. The van der Waals surface area contributed by atoms with Crippen LogP contribution >= 0.6 is 0 Å². The number of hydrogen-bond donors (Lipinski definition) is 5. The summed E-state index contributed by atoms with van der Waals surface area (Å²) >= 11 is 0. The third-order valence-electron chi connectivity index (χ3n) is 2.30. The molecule has 100 valence electrons.